The molecule has 0 aromatic heterocycles. The number of rotatable bonds is 1. The van der Waals surface area contributed by atoms with Crippen molar-refractivity contribution in [3.63, 3.8) is 0 Å². The fourth-order valence-corrected chi connectivity index (χ4v) is 2.83. The van der Waals surface area contributed by atoms with E-state index < -0.39 is 0 Å². The van der Waals surface area contributed by atoms with Crippen LogP contribution in [0.2, 0.25) is 0 Å². The number of fused-ring (bicyclic) bond motifs is 2. The molecule has 0 unspecified atom stereocenters. The summed E-state index contributed by atoms with van der Waals surface area (Å²) in [7, 11) is 1.71. The molecule has 2 rings (SSSR count). The summed E-state index contributed by atoms with van der Waals surface area (Å²) in [4.78, 5) is 11.6. The molecule has 2 bridgehead atoms. The summed E-state index contributed by atoms with van der Waals surface area (Å²) in [5, 5.41) is 2.75. The second-order valence-corrected chi connectivity index (χ2v) is 4.40. The maximum absolute atomic E-state index is 11.6. The lowest BCUT2D eigenvalue weighted by Crippen LogP contribution is -2.35. The van der Waals surface area contributed by atoms with Gasteiger partial charge in [-0.2, -0.15) is 0 Å². The van der Waals surface area contributed by atoms with Gasteiger partial charge in [0.05, 0.1) is 5.41 Å². The van der Waals surface area contributed by atoms with E-state index in [1.54, 1.807) is 7.05 Å². The van der Waals surface area contributed by atoms with E-state index in [4.69, 9.17) is 5.73 Å². The van der Waals surface area contributed by atoms with E-state index in [-0.39, 0.29) is 16.9 Å². The van der Waals surface area contributed by atoms with Crippen LogP contribution in [0.1, 0.15) is 32.1 Å². The van der Waals surface area contributed by atoms with Gasteiger partial charge in [0.1, 0.15) is 0 Å². The normalized spacial score (nSPS) is 44.8. The molecule has 12 heavy (non-hydrogen) atoms. The number of amides is 1. The molecule has 3 nitrogen and oxygen atoms in total. The quantitative estimate of drug-likeness (QED) is 0.595. The fraction of sp³-hybridized carbons (Fsp3) is 0.889. The van der Waals surface area contributed by atoms with Gasteiger partial charge >= 0.3 is 0 Å². The summed E-state index contributed by atoms with van der Waals surface area (Å²) < 4.78 is 0. The molecule has 1 amide bonds. The third kappa shape index (κ3) is 0.891. The summed E-state index contributed by atoms with van der Waals surface area (Å²) in [5.74, 6) is 0.201. The van der Waals surface area contributed by atoms with Crippen LogP contribution < -0.4 is 11.1 Å². The Balaban J connectivity index is 2.20. The molecular formula is C9H16N2O. The molecule has 2 fully saturated rings. The summed E-state index contributed by atoms with van der Waals surface area (Å²) in [6.07, 6.45) is 4.94. The SMILES string of the molecule is CNC(=O)C12CCC(N)(CC1)C2. The Hall–Kier alpha value is -0.570. The first kappa shape index (κ1) is 8.05. The van der Waals surface area contributed by atoms with Crippen molar-refractivity contribution in [2.75, 3.05) is 7.05 Å². The first-order valence-electron chi connectivity index (χ1n) is 4.61. The first-order valence-corrected chi connectivity index (χ1v) is 4.61. The Labute approximate surface area is 72.7 Å². The highest BCUT2D eigenvalue weighted by molar-refractivity contribution is 5.83. The van der Waals surface area contributed by atoms with Crippen LogP contribution in [0.25, 0.3) is 0 Å². The summed E-state index contributed by atoms with van der Waals surface area (Å²) in [5.41, 5.74) is 6.00. The number of hydrogen-bond donors (Lipinski definition) is 2. The standard InChI is InChI=1S/C9H16N2O/c1-11-7(12)8-2-4-9(10,6-8)5-3-8/h2-6,10H2,1H3,(H,11,12). The Kier molecular flexibility index (Phi) is 1.49. The monoisotopic (exact) mass is 168 g/mol. The average molecular weight is 168 g/mol. The van der Waals surface area contributed by atoms with Crippen molar-refractivity contribution in [2.24, 2.45) is 11.1 Å². The van der Waals surface area contributed by atoms with Crippen LogP contribution in [0.4, 0.5) is 0 Å². The molecule has 68 valence electrons. The second-order valence-electron chi connectivity index (χ2n) is 4.40. The molecule has 0 aliphatic heterocycles. The predicted octanol–water partition coefficient (Wildman–Crippen LogP) is 0.394. The molecular weight excluding hydrogens is 152 g/mol. The van der Waals surface area contributed by atoms with Crippen molar-refractivity contribution in [3.05, 3.63) is 0 Å². The Morgan fingerprint density at radius 2 is 1.92 bits per heavy atom. The van der Waals surface area contributed by atoms with Crippen molar-refractivity contribution in [2.45, 2.75) is 37.6 Å². The van der Waals surface area contributed by atoms with Crippen LogP contribution in [-0.2, 0) is 4.79 Å². The third-order valence-corrected chi connectivity index (χ3v) is 3.60. The third-order valence-electron chi connectivity index (χ3n) is 3.60. The number of carbonyl (C=O) groups excluding carboxylic acids is 1. The van der Waals surface area contributed by atoms with Crippen LogP contribution in [0.5, 0.6) is 0 Å². The average Bonchev–Trinajstić information content (AvgIpc) is 2.57. The lowest BCUT2D eigenvalue weighted by molar-refractivity contribution is -0.130. The number of nitrogens with one attached hydrogen (secondary N) is 1. The van der Waals surface area contributed by atoms with Gasteiger partial charge in [-0.25, -0.2) is 0 Å². The van der Waals surface area contributed by atoms with E-state index in [9.17, 15) is 4.79 Å². The zero-order valence-electron chi connectivity index (χ0n) is 7.52. The molecule has 0 atom stereocenters. The molecule has 3 heteroatoms. The van der Waals surface area contributed by atoms with Crippen molar-refractivity contribution in [3.8, 4) is 0 Å². The van der Waals surface area contributed by atoms with Crippen molar-refractivity contribution >= 4 is 5.91 Å². The number of nitrogens with two attached hydrogens (primary N) is 1. The van der Waals surface area contributed by atoms with Crippen molar-refractivity contribution in [1.29, 1.82) is 0 Å². The predicted molar refractivity (Wildman–Crippen MR) is 46.5 cm³/mol. The maximum Gasteiger partial charge on any atom is 0.226 e. The molecule has 0 radical (unpaired) electrons. The molecule has 2 aliphatic rings. The van der Waals surface area contributed by atoms with E-state index in [1.807, 2.05) is 0 Å². The van der Waals surface area contributed by atoms with Gasteiger partial charge in [-0.15, -0.1) is 0 Å². The van der Waals surface area contributed by atoms with E-state index in [0.29, 0.717) is 0 Å². The highest BCUT2D eigenvalue weighted by Gasteiger charge is 2.55. The Bertz CT molecular complexity index is 217. The van der Waals surface area contributed by atoms with Crippen molar-refractivity contribution < 1.29 is 4.79 Å². The summed E-state index contributed by atoms with van der Waals surface area (Å²) in [6, 6.07) is 0. The summed E-state index contributed by atoms with van der Waals surface area (Å²) in [6.45, 7) is 0. The van der Waals surface area contributed by atoms with Gasteiger partial charge in [-0.05, 0) is 32.1 Å². The minimum atomic E-state index is -0.0937. The van der Waals surface area contributed by atoms with Gasteiger partial charge in [0, 0.05) is 12.6 Å². The molecule has 2 aliphatic carbocycles. The zero-order valence-corrected chi connectivity index (χ0v) is 7.52. The molecule has 0 heterocycles. The minimum absolute atomic E-state index is 0.00743. The Morgan fingerprint density at radius 3 is 2.25 bits per heavy atom. The van der Waals surface area contributed by atoms with Gasteiger partial charge in [0.2, 0.25) is 5.91 Å². The molecule has 0 saturated heterocycles. The van der Waals surface area contributed by atoms with E-state index >= 15 is 0 Å². The molecule has 0 aromatic rings. The fourth-order valence-electron chi connectivity index (χ4n) is 2.83. The Morgan fingerprint density at radius 1 is 1.33 bits per heavy atom. The summed E-state index contributed by atoms with van der Waals surface area (Å²) >= 11 is 0. The molecule has 3 N–H and O–H groups in total. The van der Waals surface area contributed by atoms with E-state index in [1.165, 1.54) is 0 Å². The van der Waals surface area contributed by atoms with Crippen LogP contribution in [0.3, 0.4) is 0 Å². The largest absolute Gasteiger partial charge is 0.359 e. The van der Waals surface area contributed by atoms with Crippen molar-refractivity contribution in [1.82, 2.24) is 5.32 Å². The zero-order chi connectivity index (χ0) is 8.82. The molecule has 2 saturated carbocycles. The highest BCUT2D eigenvalue weighted by atomic mass is 16.2. The van der Waals surface area contributed by atoms with Gasteiger partial charge in [-0.3, -0.25) is 4.79 Å². The van der Waals surface area contributed by atoms with Crippen LogP contribution in [-0.4, -0.2) is 18.5 Å². The number of carbonyl (C=O) groups is 1. The van der Waals surface area contributed by atoms with Gasteiger partial charge < -0.3 is 11.1 Å². The first-order chi connectivity index (χ1) is 5.60. The van der Waals surface area contributed by atoms with Gasteiger partial charge in [-0.1, -0.05) is 0 Å². The van der Waals surface area contributed by atoms with E-state index in [2.05, 4.69) is 5.32 Å². The van der Waals surface area contributed by atoms with E-state index in [0.717, 1.165) is 32.1 Å². The number of hydrogen-bond acceptors (Lipinski definition) is 2. The molecule has 0 aromatic carbocycles. The van der Waals surface area contributed by atoms with Crippen LogP contribution in [0.15, 0.2) is 0 Å². The van der Waals surface area contributed by atoms with Crippen LogP contribution >= 0.6 is 0 Å². The highest BCUT2D eigenvalue weighted by Crippen LogP contribution is 2.55. The second kappa shape index (κ2) is 2.22. The van der Waals surface area contributed by atoms with Gasteiger partial charge in [0.15, 0.2) is 0 Å². The lowest BCUT2D eigenvalue weighted by Gasteiger charge is -2.24. The topological polar surface area (TPSA) is 55.1 Å². The molecule has 0 spiro atoms. The minimum Gasteiger partial charge on any atom is -0.359 e. The van der Waals surface area contributed by atoms with Gasteiger partial charge in [0.25, 0.3) is 0 Å². The smallest absolute Gasteiger partial charge is 0.226 e. The lowest BCUT2D eigenvalue weighted by atomic mass is 9.83. The maximum atomic E-state index is 11.6. The van der Waals surface area contributed by atoms with Crippen LogP contribution in [0, 0.1) is 5.41 Å².